The van der Waals surface area contributed by atoms with E-state index in [0.29, 0.717) is 0 Å². The molecule has 0 aromatic carbocycles. The summed E-state index contributed by atoms with van der Waals surface area (Å²) < 4.78 is 4.39. The van der Waals surface area contributed by atoms with Crippen LogP contribution < -0.4 is 5.32 Å². The molecular weight excluding hydrogens is 186 g/mol. The number of amides is 1. The quantitative estimate of drug-likeness (QED) is 0.399. The van der Waals surface area contributed by atoms with E-state index in [2.05, 4.69) is 4.74 Å². The van der Waals surface area contributed by atoms with Crippen LogP contribution in [0.5, 0.6) is 0 Å². The predicted molar refractivity (Wildman–Crippen MR) is 50.4 cm³/mol. The summed E-state index contributed by atoms with van der Waals surface area (Å²) in [7, 11) is 0. The molecule has 5 heteroatoms. The van der Waals surface area contributed by atoms with Crippen molar-refractivity contribution in [3.63, 3.8) is 0 Å². The molecular formula is C9H17NO4. The topological polar surface area (TPSA) is 75.6 Å². The molecule has 5 nitrogen and oxygen atoms in total. The van der Waals surface area contributed by atoms with Crippen molar-refractivity contribution in [1.29, 1.82) is 0 Å². The molecule has 1 atom stereocenters. The van der Waals surface area contributed by atoms with Gasteiger partial charge < -0.3 is 9.84 Å². The molecule has 1 amide bonds. The van der Waals surface area contributed by atoms with Gasteiger partial charge in [0, 0.05) is 0 Å². The van der Waals surface area contributed by atoms with E-state index in [4.69, 9.17) is 5.11 Å². The zero-order chi connectivity index (χ0) is 11.4. The first-order valence-electron chi connectivity index (χ1n) is 4.40. The Labute approximate surface area is 83.4 Å². The Bertz CT molecular complexity index is 217. The van der Waals surface area contributed by atoms with Crippen molar-refractivity contribution in [2.75, 3.05) is 0 Å². The lowest BCUT2D eigenvalue weighted by Crippen LogP contribution is -2.34. The molecule has 0 heterocycles. The Morgan fingerprint density at radius 2 is 1.93 bits per heavy atom. The van der Waals surface area contributed by atoms with Gasteiger partial charge in [0.2, 0.25) is 0 Å². The van der Waals surface area contributed by atoms with Crippen LogP contribution in [-0.2, 0) is 9.53 Å². The van der Waals surface area contributed by atoms with Gasteiger partial charge in [0.05, 0.1) is 6.42 Å². The standard InChI is InChI=1S/C9H17NO4/c1-6(11)10-8(13)14-7(12)5-9(2,3)4/h6,11H,5H2,1-4H3,(H,10,13). The minimum atomic E-state index is -1.02. The van der Waals surface area contributed by atoms with Crippen LogP contribution in [0.25, 0.3) is 0 Å². The Kier molecular flexibility index (Phi) is 4.56. The number of alkyl carbamates (subject to hydrolysis) is 1. The molecule has 0 aliphatic heterocycles. The van der Waals surface area contributed by atoms with Crippen molar-refractivity contribution in [3.05, 3.63) is 0 Å². The molecule has 1 unspecified atom stereocenters. The van der Waals surface area contributed by atoms with Crippen molar-refractivity contribution < 1.29 is 19.4 Å². The molecule has 0 aliphatic carbocycles. The van der Waals surface area contributed by atoms with Gasteiger partial charge in [0.25, 0.3) is 0 Å². The number of ether oxygens (including phenoxy) is 1. The Balaban J connectivity index is 3.90. The highest BCUT2D eigenvalue weighted by Crippen LogP contribution is 2.18. The van der Waals surface area contributed by atoms with Gasteiger partial charge in [-0.3, -0.25) is 10.1 Å². The molecule has 0 saturated heterocycles. The summed E-state index contributed by atoms with van der Waals surface area (Å²) in [6.45, 7) is 6.94. The van der Waals surface area contributed by atoms with Gasteiger partial charge in [-0.1, -0.05) is 20.8 Å². The van der Waals surface area contributed by atoms with Gasteiger partial charge in [-0.2, -0.15) is 0 Å². The maximum Gasteiger partial charge on any atom is 0.416 e. The molecule has 0 saturated carbocycles. The SMILES string of the molecule is CC(O)NC(=O)OC(=O)CC(C)(C)C. The smallest absolute Gasteiger partial charge is 0.376 e. The molecule has 82 valence electrons. The second kappa shape index (κ2) is 4.95. The van der Waals surface area contributed by atoms with Crippen LogP contribution in [0.3, 0.4) is 0 Å². The van der Waals surface area contributed by atoms with Crippen LogP contribution in [-0.4, -0.2) is 23.4 Å². The number of carbonyl (C=O) groups excluding carboxylic acids is 2. The fourth-order valence-electron chi connectivity index (χ4n) is 0.773. The van der Waals surface area contributed by atoms with Crippen LogP contribution in [0.2, 0.25) is 0 Å². The molecule has 0 radical (unpaired) electrons. The van der Waals surface area contributed by atoms with Crippen molar-refractivity contribution in [1.82, 2.24) is 5.32 Å². The van der Waals surface area contributed by atoms with E-state index >= 15 is 0 Å². The minimum absolute atomic E-state index is 0.153. The van der Waals surface area contributed by atoms with Gasteiger partial charge >= 0.3 is 12.1 Å². The average molecular weight is 203 g/mol. The van der Waals surface area contributed by atoms with E-state index in [1.54, 1.807) is 0 Å². The Hall–Kier alpha value is -1.10. The second-order valence-corrected chi connectivity index (χ2v) is 4.32. The monoisotopic (exact) mass is 203 g/mol. The first kappa shape index (κ1) is 12.9. The third-order valence-corrected chi connectivity index (χ3v) is 1.21. The predicted octanol–water partition coefficient (Wildman–Crippen LogP) is 1.01. The summed E-state index contributed by atoms with van der Waals surface area (Å²) >= 11 is 0. The summed E-state index contributed by atoms with van der Waals surface area (Å²) in [6, 6.07) is 0. The number of hydrogen-bond acceptors (Lipinski definition) is 4. The van der Waals surface area contributed by atoms with E-state index < -0.39 is 18.3 Å². The number of hydrogen-bond donors (Lipinski definition) is 2. The average Bonchev–Trinajstić information content (AvgIpc) is 1.77. The third-order valence-electron chi connectivity index (χ3n) is 1.21. The number of esters is 1. The fourth-order valence-corrected chi connectivity index (χ4v) is 0.773. The number of aliphatic hydroxyl groups is 1. The van der Waals surface area contributed by atoms with Crippen molar-refractivity contribution in [3.8, 4) is 0 Å². The highest BCUT2D eigenvalue weighted by atomic mass is 16.6. The summed E-state index contributed by atoms with van der Waals surface area (Å²) in [4.78, 5) is 21.9. The van der Waals surface area contributed by atoms with Crippen LogP contribution in [0.15, 0.2) is 0 Å². The first-order valence-corrected chi connectivity index (χ1v) is 4.40. The number of rotatable bonds is 2. The lowest BCUT2D eigenvalue weighted by Gasteiger charge is -2.16. The Morgan fingerprint density at radius 1 is 1.43 bits per heavy atom. The Morgan fingerprint density at radius 3 is 2.29 bits per heavy atom. The molecule has 0 spiro atoms. The van der Waals surface area contributed by atoms with E-state index in [9.17, 15) is 9.59 Å². The second-order valence-electron chi connectivity index (χ2n) is 4.32. The van der Waals surface area contributed by atoms with Crippen LogP contribution in [0.1, 0.15) is 34.1 Å². The molecule has 2 N–H and O–H groups in total. The van der Waals surface area contributed by atoms with Gasteiger partial charge in [-0.25, -0.2) is 4.79 Å². The summed E-state index contributed by atoms with van der Waals surface area (Å²) in [5.74, 6) is -0.601. The normalized spacial score (nSPS) is 13.2. The van der Waals surface area contributed by atoms with E-state index in [0.717, 1.165) is 0 Å². The largest absolute Gasteiger partial charge is 0.416 e. The lowest BCUT2D eigenvalue weighted by atomic mass is 9.93. The molecule has 14 heavy (non-hydrogen) atoms. The van der Waals surface area contributed by atoms with E-state index in [-0.39, 0.29) is 11.8 Å². The van der Waals surface area contributed by atoms with Gasteiger partial charge in [-0.05, 0) is 12.3 Å². The van der Waals surface area contributed by atoms with Crippen molar-refractivity contribution in [2.45, 2.75) is 40.3 Å². The van der Waals surface area contributed by atoms with Gasteiger partial charge in [0.1, 0.15) is 6.23 Å². The van der Waals surface area contributed by atoms with Crippen molar-refractivity contribution in [2.24, 2.45) is 5.41 Å². The summed E-state index contributed by atoms with van der Waals surface area (Å²) in [5, 5.41) is 10.8. The number of nitrogens with one attached hydrogen (secondary N) is 1. The molecule has 0 aromatic rings. The van der Waals surface area contributed by atoms with E-state index in [1.807, 2.05) is 26.1 Å². The summed E-state index contributed by atoms with van der Waals surface area (Å²) in [5.41, 5.74) is -0.220. The van der Waals surface area contributed by atoms with Crippen LogP contribution in [0.4, 0.5) is 4.79 Å². The van der Waals surface area contributed by atoms with E-state index in [1.165, 1.54) is 6.92 Å². The first-order chi connectivity index (χ1) is 6.20. The zero-order valence-corrected chi connectivity index (χ0v) is 8.96. The zero-order valence-electron chi connectivity index (χ0n) is 8.96. The number of carbonyl (C=O) groups is 2. The molecule has 0 bridgehead atoms. The van der Waals surface area contributed by atoms with Crippen LogP contribution in [0, 0.1) is 5.41 Å². The molecule has 0 aliphatic rings. The van der Waals surface area contributed by atoms with Gasteiger partial charge in [0.15, 0.2) is 0 Å². The molecule has 0 aromatic heterocycles. The summed E-state index contributed by atoms with van der Waals surface area (Å²) in [6.07, 6.45) is -1.79. The lowest BCUT2D eigenvalue weighted by molar-refractivity contribution is -0.139. The van der Waals surface area contributed by atoms with Crippen LogP contribution >= 0.6 is 0 Å². The molecule has 0 rings (SSSR count). The highest BCUT2D eigenvalue weighted by molar-refractivity contribution is 5.84. The van der Waals surface area contributed by atoms with Crippen molar-refractivity contribution >= 4 is 12.1 Å². The number of aliphatic hydroxyl groups excluding tert-OH is 1. The maximum absolute atomic E-state index is 11.1. The third kappa shape index (κ3) is 7.54. The minimum Gasteiger partial charge on any atom is -0.376 e. The fraction of sp³-hybridized carbons (Fsp3) is 0.778. The molecule has 0 fully saturated rings. The maximum atomic E-state index is 11.1. The highest BCUT2D eigenvalue weighted by Gasteiger charge is 2.19. The van der Waals surface area contributed by atoms with Gasteiger partial charge in [-0.15, -0.1) is 0 Å².